The van der Waals surface area contributed by atoms with Crippen molar-refractivity contribution in [3.8, 4) is 0 Å². The highest BCUT2D eigenvalue weighted by molar-refractivity contribution is 5.85. The Morgan fingerprint density at radius 1 is 1.28 bits per heavy atom. The van der Waals surface area contributed by atoms with E-state index in [0.717, 1.165) is 18.3 Å². The third kappa shape index (κ3) is 9.37. The van der Waals surface area contributed by atoms with E-state index in [9.17, 15) is 24.6 Å². The van der Waals surface area contributed by atoms with Crippen LogP contribution in [0.3, 0.4) is 0 Å². The highest BCUT2D eigenvalue weighted by Crippen LogP contribution is 2.42. The van der Waals surface area contributed by atoms with E-state index >= 15 is 0 Å². The molecule has 0 aliphatic heterocycles. The maximum Gasteiger partial charge on any atom is 0.352 e. The number of aliphatic hydroxyl groups excluding tert-OH is 1. The highest BCUT2D eigenvalue weighted by atomic mass is 16.5. The molecule has 9 heteroatoms. The summed E-state index contributed by atoms with van der Waals surface area (Å²) in [6, 6.07) is 3.14. The van der Waals surface area contributed by atoms with E-state index in [0.29, 0.717) is 19.4 Å². The predicted molar refractivity (Wildman–Crippen MR) is 136 cm³/mol. The van der Waals surface area contributed by atoms with Crippen LogP contribution >= 0.6 is 0 Å². The first-order valence-corrected chi connectivity index (χ1v) is 12.2. The number of ether oxygens (including phenoxy) is 2. The molecule has 0 bridgehead atoms. The molecule has 9 nitrogen and oxygen atoms in total. The first kappa shape index (κ1) is 31.3. The minimum absolute atomic E-state index is 0.0959. The predicted octanol–water partition coefficient (Wildman–Crippen LogP) is 4.10. The third-order valence-corrected chi connectivity index (χ3v) is 6.66. The first-order chi connectivity index (χ1) is 17.0. The van der Waals surface area contributed by atoms with Gasteiger partial charge in [-0.25, -0.2) is 9.59 Å². The summed E-state index contributed by atoms with van der Waals surface area (Å²) in [5, 5.41) is 27.4. The summed E-state index contributed by atoms with van der Waals surface area (Å²) < 4.78 is 11.6. The van der Waals surface area contributed by atoms with Crippen LogP contribution in [0.4, 0.5) is 0 Å². The summed E-state index contributed by atoms with van der Waals surface area (Å²) >= 11 is 0. The van der Waals surface area contributed by atoms with Gasteiger partial charge in [-0.15, -0.1) is 0 Å². The molecular weight excluding hydrogens is 466 g/mol. The van der Waals surface area contributed by atoms with Crippen LogP contribution in [0.1, 0.15) is 63.9 Å². The standard InChI is InChI=1S/C22H36O6.C5H5NO2/c1-15(14-23)12-17(3)22(28-11-9-16(2)18(4)24)10-7-6-8-19(22)13-20(27-5)21(25)26;7-5(8)4-2-1-3-6-4/h6,8,12,14-16,18-20,24H,7,9-11,13H2,1-5H3,(H,25,26);1-3,6H,(H,7,8)/b17-12+;/t15?,16-,18?,19?,20?,22-;/m0./s1. The number of H-pyrrole nitrogens is 1. The molecule has 1 aromatic heterocycles. The number of hydrogen-bond donors (Lipinski definition) is 4. The van der Waals surface area contributed by atoms with Crippen LogP contribution in [0.2, 0.25) is 0 Å². The lowest BCUT2D eigenvalue weighted by Gasteiger charge is -2.44. The Hall–Kier alpha value is -2.75. The first-order valence-electron chi connectivity index (χ1n) is 12.2. The van der Waals surface area contributed by atoms with Gasteiger partial charge in [0.15, 0.2) is 6.10 Å². The van der Waals surface area contributed by atoms with E-state index in [2.05, 4.69) is 11.1 Å². The van der Waals surface area contributed by atoms with Gasteiger partial charge in [0.25, 0.3) is 0 Å². The number of aliphatic carboxylic acids is 1. The Morgan fingerprint density at radius 3 is 2.44 bits per heavy atom. The number of aromatic carboxylic acids is 1. The van der Waals surface area contributed by atoms with Gasteiger partial charge in [0.2, 0.25) is 0 Å². The lowest BCUT2D eigenvalue weighted by molar-refractivity contribution is -0.151. The monoisotopic (exact) mass is 507 g/mol. The molecule has 0 amide bonds. The Labute approximate surface area is 213 Å². The third-order valence-electron chi connectivity index (χ3n) is 6.66. The average molecular weight is 508 g/mol. The lowest BCUT2D eigenvalue weighted by atomic mass is 9.71. The second-order valence-electron chi connectivity index (χ2n) is 9.35. The van der Waals surface area contributed by atoms with Crippen molar-refractivity contribution in [1.29, 1.82) is 0 Å². The number of allylic oxidation sites excluding steroid dienone is 2. The molecule has 1 aliphatic carbocycles. The second-order valence-corrected chi connectivity index (χ2v) is 9.35. The molecule has 1 aliphatic rings. The van der Waals surface area contributed by atoms with Crippen LogP contribution in [0.15, 0.2) is 42.1 Å². The van der Waals surface area contributed by atoms with E-state index in [1.807, 2.05) is 32.9 Å². The fraction of sp³-hybridized carbons (Fsp3) is 0.593. The molecule has 0 saturated heterocycles. The molecule has 4 unspecified atom stereocenters. The van der Waals surface area contributed by atoms with Crippen LogP contribution in [0.5, 0.6) is 0 Å². The molecule has 2 rings (SSSR count). The van der Waals surface area contributed by atoms with E-state index in [1.165, 1.54) is 13.2 Å². The molecule has 0 saturated carbocycles. The minimum atomic E-state index is -0.999. The number of aliphatic hydroxyl groups is 1. The molecule has 1 heterocycles. The largest absolute Gasteiger partial charge is 0.479 e. The molecule has 0 radical (unpaired) electrons. The van der Waals surface area contributed by atoms with Crippen molar-refractivity contribution in [2.45, 2.75) is 71.2 Å². The average Bonchev–Trinajstić information content (AvgIpc) is 3.38. The van der Waals surface area contributed by atoms with E-state index in [4.69, 9.17) is 14.6 Å². The molecule has 1 aromatic rings. The molecule has 6 atom stereocenters. The molecule has 0 aromatic carbocycles. The number of carboxylic acids is 2. The zero-order valence-corrected chi connectivity index (χ0v) is 21.8. The number of carboxylic acid groups (broad SMARTS) is 2. The van der Waals surface area contributed by atoms with Gasteiger partial charge in [-0.3, -0.25) is 0 Å². The van der Waals surface area contributed by atoms with Crippen molar-refractivity contribution >= 4 is 18.2 Å². The number of aromatic nitrogens is 1. The molecule has 0 spiro atoms. The summed E-state index contributed by atoms with van der Waals surface area (Å²) in [4.78, 5) is 35.3. The van der Waals surface area contributed by atoms with Gasteiger partial charge in [-0.1, -0.05) is 32.1 Å². The van der Waals surface area contributed by atoms with Crippen LogP contribution in [-0.2, 0) is 19.1 Å². The maximum atomic E-state index is 11.5. The van der Waals surface area contributed by atoms with Crippen LogP contribution in [0.25, 0.3) is 0 Å². The number of aromatic amines is 1. The number of aldehydes is 1. The summed E-state index contributed by atoms with van der Waals surface area (Å²) in [6.45, 7) is 7.96. The van der Waals surface area contributed by atoms with Crippen molar-refractivity contribution in [2.24, 2.45) is 17.8 Å². The Bertz CT molecular complexity index is 876. The summed E-state index contributed by atoms with van der Waals surface area (Å²) in [7, 11) is 1.40. The van der Waals surface area contributed by atoms with Crippen molar-refractivity contribution in [2.75, 3.05) is 13.7 Å². The maximum absolute atomic E-state index is 11.5. The zero-order valence-electron chi connectivity index (χ0n) is 21.8. The normalized spacial score (nSPS) is 23.1. The Morgan fingerprint density at radius 2 is 1.97 bits per heavy atom. The molecule has 36 heavy (non-hydrogen) atoms. The smallest absolute Gasteiger partial charge is 0.352 e. The van der Waals surface area contributed by atoms with E-state index < -0.39 is 29.7 Å². The Balaban J connectivity index is 0.000000681. The van der Waals surface area contributed by atoms with Crippen LogP contribution in [0, 0.1) is 17.8 Å². The number of rotatable bonds is 13. The number of carbonyl (C=O) groups is 3. The van der Waals surface area contributed by atoms with Crippen molar-refractivity contribution < 1.29 is 39.2 Å². The second kappa shape index (κ2) is 15.4. The van der Waals surface area contributed by atoms with Gasteiger partial charge in [0.05, 0.1) is 11.7 Å². The van der Waals surface area contributed by atoms with E-state index in [1.54, 1.807) is 19.2 Å². The molecule has 4 N–H and O–H groups in total. The van der Waals surface area contributed by atoms with E-state index in [-0.39, 0.29) is 29.9 Å². The van der Waals surface area contributed by atoms with Gasteiger partial charge in [-0.2, -0.15) is 0 Å². The summed E-state index contributed by atoms with van der Waals surface area (Å²) in [5.41, 5.74) is 0.479. The van der Waals surface area contributed by atoms with Gasteiger partial charge in [0.1, 0.15) is 12.0 Å². The van der Waals surface area contributed by atoms with Gasteiger partial charge in [0, 0.05) is 31.7 Å². The molecule has 0 fully saturated rings. The fourth-order valence-electron chi connectivity index (χ4n) is 4.19. The minimum Gasteiger partial charge on any atom is -0.479 e. The topological polar surface area (TPSA) is 146 Å². The lowest BCUT2D eigenvalue weighted by Crippen LogP contribution is -2.46. The number of hydrogen-bond acceptors (Lipinski definition) is 6. The number of carbonyl (C=O) groups excluding carboxylic acids is 1. The molecule has 202 valence electrons. The van der Waals surface area contributed by atoms with Gasteiger partial charge >= 0.3 is 11.9 Å². The SMILES string of the molecule is COC(CC1C=CCC[C@]1(OCC[C@H](C)C(C)O)/C(C)=C/C(C)C=O)C(=O)O.O=C(O)c1ccc[nH]1. The summed E-state index contributed by atoms with van der Waals surface area (Å²) in [5.74, 6) is -2.25. The van der Waals surface area contributed by atoms with Gasteiger partial charge in [-0.05, 0) is 63.2 Å². The van der Waals surface area contributed by atoms with Crippen LogP contribution in [-0.4, -0.2) is 70.1 Å². The number of nitrogens with one attached hydrogen (secondary N) is 1. The van der Waals surface area contributed by atoms with Crippen molar-refractivity contribution in [3.05, 3.63) is 47.8 Å². The fourth-order valence-corrected chi connectivity index (χ4v) is 4.19. The van der Waals surface area contributed by atoms with Crippen molar-refractivity contribution in [1.82, 2.24) is 4.98 Å². The van der Waals surface area contributed by atoms with Gasteiger partial charge < -0.3 is 34.6 Å². The summed E-state index contributed by atoms with van der Waals surface area (Å²) in [6.07, 6.45) is 9.58. The number of methoxy groups -OCH3 is 1. The molecular formula is C27H41NO8. The van der Waals surface area contributed by atoms with Crippen LogP contribution < -0.4 is 0 Å². The zero-order chi connectivity index (χ0) is 27.3. The highest BCUT2D eigenvalue weighted by Gasteiger charge is 2.43. The Kier molecular flexibility index (Phi) is 13.4. The quantitative estimate of drug-likeness (QED) is 0.231. The van der Waals surface area contributed by atoms with Crippen molar-refractivity contribution in [3.63, 3.8) is 0 Å².